The van der Waals surface area contributed by atoms with E-state index in [1.165, 1.54) is 22.7 Å². The van der Waals surface area contributed by atoms with E-state index in [2.05, 4.69) is 5.32 Å². The molecule has 0 atom stereocenters. The number of nitrogens with zero attached hydrogens (tertiary/aromatic N) is 1. The highest BCUT2D eigenvalue weighted by atomic mass is 32.1. The van der Waals surface area contributed by atoms with Gasteiger partial charge in [0.1, 0.15) is 26.0 Å². The lowest BCUT2D eigenvalue weighted by molar-refractivity contribution is 0.0529. The number of hydrogen-bond acceptors (Lipinski definition) is 8. The number of thiophene rings is 2. The number of aromatic nitrogens is 1. The lowest BCUT2D eigenvalue weighted by Gasteiger charge is -2.10. The monoisotopic (exact) mass is 605 g/mol. The SMILES string of the molecule is CCOC(=O)c1c(-c2ccc(OC)cc2)csc1NC(=O)c1sc2nc(-c3ccccc3)cc(-c3ccccc3)c2c1N. The number of methoxy groups -OCH3 is 1. The Kier molecular flexibility index (Phi) is 7.91. The van der Waals surface area contributed by atoms with Gasteiger partial charge in [0.05, 0.1) is 25.1 Å². The topological polar surface area (TPSA) is 104 Å². The number of benzene rings is 3. The Hall–Kier alpha value is -4.99. The molecule has 1 amide bonds. The van der Waals surface area contributed by atoms with Crippen LogP contribution in [0, 0.1) is 0 Å². The number of esters is 1. The molecule has 0 fully saturated rings. The van der Waals surface area contributed by atoms with Gasteiger partial charge >= 0.3 is 5.97 Å². The first kappa shape index (κ1) is 28.1. The molecule has 43 heavy (non-hydrogen) atoms. The minimum absolute atomic E-state index is 0.199. The summed E-state index contributed by atoms with van der Waals surface area (Å²) in [7, 11) is 1.60. The maximum atomic E-state index is 13.8. The zero-order valence-electron chi connectivity index (χ0n) is 23.4. The highest BCUT2D eigenvalue weighted by Gasteiger charge is 2.26. The molecule has 3 heterocycles. The second-order valence-corrected chi connectivity index (χ2v) is 11.4. The number of amides is 1. The zero-order valence-corrected chi connectivity index (χ0v) is 25.1. The lowest BCUT2D eigenvalue weighted by Crippen LogP contribution is -2.15. The number of carbonyl (C=O) groups excluding carboxylic acids is 2. The van der Waals surface area contributed by atoms with Crippen molar-refractivity contribution >= 4 is 55.5 Å². The zero-order chi connectivity index (χ0) is 29.9. The first-order valence-electron chi connectivity index (χ1n) is 13.6. The summed E-state index contributed by atoms with van der Waals surface area (Å²) in [4.78, 5) is 32.8. The maximum Gasteiger partial charge on any atom is 0.341 e. The van der Waals surface area contributed by atoms with Crippen molar-refractivity contribution in [3.63, 3.8) is 0 Å². The van der Waals surface area contributed by atoms with E-state index in [4.69, 9.17) is 20.2 Å². The highest BCUT2D eigenvalue weighted by Crippen LogP contribution is 2.43. The van der Waals surface area contributed by atoms with Gasteiger partial charge in [0.25, 0.3) is 5.91 Å². The largest absolute Gasteiger partial charge is 0.497 e. The Morgan fingerprint density at radius 3 is 2.19 bits per heavy atom. The fraction of sp³-hybridized carbons (Fsp3) is 0.0882. The summed E-state index contributed by atoms with van der Waals surface area (Å²) in [5, 5.41) is 5.88. The van der Waals surface area contributed by atoms with E-state index in [9.17, 15) is 9.59 Å². The normalized spacial score (nSPS) is 10.9. The molecule has 9 heteroatoms. The van der Waals surface area contributed by atoms with E-state index in [-0.39, 0.29) is 6.61 Å². The summed E-state index contributed by atoms with van der Waals surface area (Å²) in [5.41, 5.74) is 12.4. The van der Waals surface area contributed by atoms with Crippen LogP contribution in [-0.4, -0.2) is 30.6 Å². The van der Waals surface area contributed by atoms with E-state index in [0.29, 0.717) is 37.3 Å². The third-order valence-corrected chi connectivity index (χ3v) is 8.95. The second-order valence-electron chi connectivity index (χ2n) is 9.57. The molecule has 0 unspecified atom stereocenters. The summed E-state index contributed by atoms with van der Waals surface area (Å²) in [6.07, 6.45) is 0. The molecule has 0 aliphatic carbocycles. The van der Waals surface area contributed by atoms with Gasteiger partial charge in [-0.2, -0.15) is 0 Å². The number of fused-ring (bicyclic) bond motifs is 1. The van der Waals surface area contributed by atoms with Crippen LogP contribution >= 0.6 is 22.7 Å². The molecule has 0 saturated heterocycles. The molecule has 3 aromatic heterocycles. The number of anilines is 2. The van der Waals surface area contributed by atoms with Crippen LogP contribution in [0.1, 0.15) is 27.0 Å². The Labute approximate surface area is 256 Å². The van der Waals surface area contributed by atoms with Crippen molar-refractivity contribution in [1.82, 2.24) is 4.98 Å². The maximum absolute atomic E-state index is 13.8. The van der Waals surface area contributed by atoms with Crippen molar-refractivity contribution in [3.05, 3.63) is 107 Å². The summed E-state index contributed by atoms with van der Waals surface area (Å²) in [5.74, 6) is -0.242. The predicted octanol–water partition coefficient (Wildman–Crippen LogP) is 8.38. The molecule has 0 bridgehead atoms. The molecule has 7 nitrogen and oxygen atoms in total. The number of rotatable bonds is 8. The molecule has 3 N–H and O–H groups in total. The molecule has 214 valence electrons. The molecule has 3 aromatic carbocycles. The van der Waals surface area contributed by atoms with Crippen molar-refractivity contribution in [3.8, 4) is 39.3 Å². The van der Waals surface area contributed by atoms with Crippen molar-refractivity contribution in [1.29, 1.82) is 0 Å². The van der Waals surface area contributed by atoms with Crippen molar-refractivity contribution < 1.29 is 19.1 Å². The number of pyridine rings is 1. The van der Waals surface area contributed by atoms with Gasteiger partial charge in [0.2, 0.25) is 0 Å². The van der Waals surface area contributed by atoms with E-state index < -0.39 is 11.9 Å². The van der Waals surface area contributed by atoms with Crippen LogP contribution in [0.2, 0.25) is 0 Å². The molecule has 6 rings (SSSR count). The highest BCUT2D eigenvalue weighted by molar-refractivity contribution is 7.21. The van der Waals surface area contributed by atoms with Crippen LogP contribution in [0.3, 0.4) is 0 Å². The van der Waals surface area contributed by atoms with Gasteiger partial charge in [0.15, 0.2) is 0 Å². The van der Waals surface area contributed by atoms with E-state index in [1.807, 2.05) is 96.4 Å². The van der Waals surface area contributed by atoms with Gasteiger partial charge in [-0.3, -0.25) is 4.79 Å². The molecule has 0 radical (unpaired) electrons. The van der Waals surface area contributed by atoms with Gasteiger partial charge in [-0.15, -0.1) is 22.7 Å². The number of hydrogen-bond donors (Lipinski definition) is 2. The number of carbonyl (C=O) groups is 2. The van der Waals surface area contributed by atoms with Gasteiger partial charge < -0.3 is 20.5 Å². The summed E-state index contributed by atoms with van der Waals surface area (Å²) >= 11 is 2.48. The van der Waals surface area contributed by atoms with E-state index >= 15 is 0 Å². The number of ether oxygens (including phenoxy) is 2. The van der Waals surface area contributed by atoms with Crippen LogP contribution in [0.25, 0.3) is 43.7 Å². The molecular weight excluding hydrogens is 579 g/mol. The third-order valence-electron chi connectivity index (χ3n) is 6.96. The fourth-order valence-corrected chi connectivity index (χ4v) is 6.86. The van der Waals surface area contributed by atoms with Gasteiger partial charge in [-0.1, -0.05) is 72.8 Å². The van der Waals surface area contributed by atoms with E-state index in [1.54, 1.807) is 14.0 Å². The number of nitrogens with two attached hydrogens (primary N) is 1. The fourth-order valence-electron chi connectivity index (χ4n) is 4.89. The predicted molar refractivity (Wildman–Crippen MR) is 175 cm³/mol. The van der Waals surface area contributed by atoms with Crippen LogP contribution in [0.15, 0.2) is 96.4 Å². The Balaban J connectivity index is 1.43. The van der Waals surface area contributed by atoms with Crippen LogP contribution in [0.5, 0.6) is 5.75 Å². The second kappa shape index (κ2) is 12.1. The van der Waals surface area contributed by atoms with E-state index in [0.717, 1.165) is 33.3 Å². The Morgan fingerprint density at radius 2 is 1.53 bits per heavy atom. The standard InChI is InChI=1S/C34H27N3O4S2/c1-3-41-34(39)28-25(21-14-16-23(40-2)17-15-21)19-42-32(28)37-31(38)30-29(35)27-24(20-10-6-4-7-11-20)18-26(36-33(27)43-30)22-12-8-5-9-13-22/h4-19H,3,35H2,1-2H3,(H,37,38). The van der Waals surface area contributed by atoms with Crippen molar-refractivity contribution in [2.24, 2.45) is 0 Å². The number of nitrogens with one attached hydrogen (secondary N) is 1. The molecule has 6 aromatic rings. The van der Waals surface area contributed by atoms with Crippen molar-refractivity contribution in [2.45, 2.75) is 6.92 Å². The van der Waals surface area contributed by atoms with Crippen LogP contribution < -0.4 is 15.8 Å². The summed E-state index contributed by atoms with van der Waals surface area (Å²) in [6, 6.07) is 29.2. The molecule has 0 aliphatic rings. The quantitative estimate of drug-likeness (QED) is 0.169. The van der Waals surface area contributed by atoms with Crippen LogP contribution in [0.4, 0.5) is 10.7 Å². The molecule has 0 saturated carbocycles. The lowest BCUT2D eigenvalue weighted by atomic mass is 9.99. The van der Waals surface area contributed by atoms with Gasteiger partial charge in [-0.25, -0.2) is 9.78 Å². The first-order valence-corrected chi connectivity index (χ1v) is 15.3. The summed E-state index contributed by atoms with van der Waals surface area (Å²) in [6.45, 7) is 1.94. The minimum atomic E-state index is -0.519. The third kappa shape index (κ3) is 5.48. The first-order chi connectivity index (χ1) is 21.0. The van der Waals surface area contributed by atoms with Crippen LogP contribution in [-0.2, 0) is 4.74 Å². The van der Waals surface area contributed by atoms with Crippen molar-refractivity contribution in [2.75, 3.05) is 24.8 Å². The Bertz CT molecular complexity index is 1930. The molecule has 0 aliphatic heterocycles. The molecule has 0 spiro atoms. The smallest absolute Gasteiger partial charge is 0.341 e. The van der Waals surface area contributed by atoms with Gasteiger partial charge in [-0.05, 0) is 41.8 Å². The Morgan fingerprint density at radius 1 is 0.884 bits per heavy atom. The average Bonchev–Trinajstić information content (AvgIpc) is 3.62. The van der Waals surface area contributed by atoms with Gasteiger partial charge in [0, 0.05) is 21.9 Å². The minimum Gasteiger partial charge on any atom is -0.497 e. The molecular formula is C34H27N3O4S2. The number of nitrogen functional groups attached to an aromatic ring is 1. The average molecular weight is 606 g/mol. The summed E-state index contributed by atoms with van der Waals surface area (Å²) < 4.78 is 10.6.